The van der Waals surface area contributed by atoms with Crippen molar-refractivity contribution in [1.82, 2.24) is 45.0 Å². The zero-order chi connectivity index (χ0) is 34.5. The van der Waals surface area contributed by atoms with E-state index in [4.69, 9.17) is 4.74 Å². The van der Waals surface area contributed by atoms with E-state index in [0.29, 0.717) is 29.9 Å². The molecule has 0 saturated heterocycles. The zero-order valence-electron chi connectivity index (χ0n) is 25.4. The van der Waals surface area contributed by atoms with E-state index < -0.39 is 35.1 Å². The molecule has 0 aliphatic heterocycles. The predicted octanol–water partition coefficient (Wildman–Crippen LogP) is 2.80. The fraction of sp³-hybridized carbons (Fsp3) is 0.129. The lowest BCUT2D eigenvalue weighted by Crippen LogP contribution is -2.18. The molecular formula is C31H24FN11O6. The summed E-state index contributed by atoms with van der Waals surface area (Å²) in [6.07, 6.45) is 5.69. The molecule has 246 valence electrons. The van der Waals surface area contributed by atoms with E-state index in [0.717, 1.165) is 10.7 Å². The van der Waals surface area contributed by atoms with Crippen LogP contribution in [0.1, 0.15) is 59.2 Å². The number of aryl methyl sites for hydroxylation is 2. The van der Waals surface area contributed by atoms with Gasteiger partial charge in [0.05, 0.1) is 29.6 Å². The molecule has 0 atom stereocenters. The second-order valence-corrected chi connectivity index (χ2v) is 10.4. The lowest BCUT2D eigenvalue weighted by atomic mass is 9.99. The van der Waals surface area contributed by atoms with Crippen molar-refractivity contribution in [3.8, 4) is 5.82 Å². The van der Waals surface area contributed by atoms with E-state index in [1.54, 1.807) is 35.2 Å². The van der Waals surface area contributed by atoms with Crippen molar-refractivity contribution in [2.75, 3.05) is 17.7 Å². The number of benzene rings is 2. The molecule has 0 radical (unpaired) electrons. The summed E-state index contributed by atoms with van der Waals surface area (Å²) in [6.45, 7) is 0. The third-order valence-electron chi connectivity index (χ3n) is 7.27. The molecule has 0 fully saturated rings. The van der Waals surface area contributed by atoms with E-state index >= 15 is 4.39 Å². The zero-order valence-corrected chi connectivity index (χ0v) is 25.4. The van der Waals surface area contributed by atoms with Crippen molar-refractivity contribution in [2.24, 2.45) is 0 Å². The number of esters is 1. The first-order valence-electron chi connectivity index (χ1n) is 14.5. The van der Waals surface area contributed by atoms with Crippen molar-refractivity contribution < 1.29 is 33.4 Å². The van der Waals surface area contributed by atoms with Crippen LogP contribution in [-0.2, 0) is 17.6 Å². The maximum Gasteiger partial charge on any atom is 0.339 e. The molecule has 4 heterocycles. The molecule has 0 unspecified atom stereocenters. The van der Waals surface area contributed by atoms with Crippen LogP contribution in [0.25, 0.3) is 11.5 Å². The van der Waals surface area contributed by atoms with Crippen LogP contribution in [-0.4, -0.2) is 81.0 Å². The Morgan fingerprint density at radius 3 is 2.37 bits per heavy atom. The average Bonchev–Trinajstić information content (AvgIpc) is 3.82. The lowest BCUT2D eigenvalue weighted by molar-refractivity contribution is 0.0600. The Morgan fingerprint density at radius 1 is 0.878 bits per heavy atom. The molecule has 49 heavy (non-hydrogen) atoms. The number of carboxylic acid groups (broad SMARTS) is 1. The van der Waals surface area contributed by atoms with Crippen LogP contribution in [0.5, 0.6) is 0 Å². The van der Waals surface area contributed by atoms with Gasteiger partial charge in [-0.05, 0) is 89.3 Å². The highest BCUT2D eigenvalue weighted by Gasteiger charge is 2.20. The van der Waals surface area contributed by atoms with Gasteiger partial charge in [-0.3, -0.25) is 14.2 Å². The maximum absolute atomic E-state index is 15.0. The number of nitrogens with zero attached hydrogens (tertiary/aromatic N) is 9. The van der Waals surface area contributed by atoms with Gasteiger partial charge in [0.15, 0.2) is 22.9 Å². The first kappa shape index (κ1) is 32.0. The van der Waals surface area contributed by atoms with E-state index in [9.17, 15) is 24.3 Å². The average molecular weight is 666 g/mol. The molecule has 6 rings (SSSR count). The fourth-order valence-corrected chi connectivity index (χ4v) is 4.83. The molecule has 0 aliphatic rings. The minimum atomic E-state index is -1.44. The van der Waals surface area contributed by atoms with Crippen molar-refractivity contribution >= 4 is 40.8 Å². The number of ether oxygens (including phenoxy) is 1. The van der Waals surface area contributed by atoms with Gasteiger partial charge in [-0.1, -0.05) is 6.07 Å². The van der Waals surface area contributed by atoms with E-state index in [1.807, 2.05) is 0 Å². The summed E-state index contributed by atoms with van der Waals surface area (Å²) in [5.74, 6) is -3.79. The molecule has 18 heteroatoms. The molecule has 0 aliphatic carbocycles. The number of hydrogen-bond acceptors (Lipinski definition) is 12. The van der Waals surface area contributed by atoms with Crippen LogP contribution in [0, 0.1) is 5.82 Å². The summed E-state index contributed by atoms with van der Waals surface area (Å²) < 4.78 is 22.6. The number of carbonyl (C=O) groups is 4. The Hall–Kier alpha value is -6.98. The number of carbonyl (C=O) groups excluding carboxylic acids is 3. The number of anilines is 2. The Bertz CT molecular complexity index is 2200. The van der Waals surface area contributed by atoms with Gasteiger partial charge < -0.3 is 20.5 Å². The fourth-order valence-electron chi connectivity index (χ4n) is 4.83. The summed E-state index contributed by atoms with van der Waals surface area (Å²) in [7, 11) is 1.21. The largest absolute Gasteiger partial charge is 0.478 e. The number of aromatic carboxylic acids is 1. The van der Waals surface area contributed by atoms with Crippen molar-refractivity contribution in [3.05, 3.63) is 113 Å². The van der Waals surface area contributed by atoms with Gasteiger partial charge in [0.25, 0.3) is 11.8 Å². The number of nitrogens with one attached hydrogen (secondary N) is 2. The standard InChI is InChI=1S/C31H24FN11O6/c1-49-31(48)19-6-5-17(13-24(19)34-28(44)22-7-9-26(37-36-22)42-12-11-33-16-42)3-2-4-18-14-25(20(30(46)47)15-21(18)32)35-29(45)23-8-10-27-38-40-41-43(27)39-23/h5-16H,2-4H2,1H3,(H,34,44)(H,35,45)(H,46,47). The minimum absolute atomic E-state index is 0.00000292. The second-order valence-electron chi connectivity index (χ2n) is 10.4. The van der Waals surface area contributed by atoms with Gasteiger partial charge in [-0.2, -0.15) is 0 Å². The number of hydrogen-bond donors (Lipinski definition) is 3. The first-order valence-corrected chi connectivity index (χ1v) is 14.5. The topological polar surface area (TPSA) is 221 Å². The SMILES string of the molecule is COC(=O)c1ccc(CCCc2cc(NC(=O)c3ccc4nnnn4n3)c(C(=O)O)cc2F)cc1NC(=O)c1ccc(-n2ccnc2)nn1. The quantitative estimate of drug-likeness (QED) is 0.170. The number of tetrazole rings is 1. The summed E-state index contributed by atoms with van der Waals surface area (Å²) in [4.78, 5) is 54.2. The van der Waals surface area contributed by atoms with Crippen LogP contribution in [0.15, 0.2) is 73.3 Å². The molecule has 0 spiro atoms. The van der Waals surface area contributed by atoms with Gasteiger partial charge in [0.2, 0.25) is 0 Å². The summed E-state index contributed by atoms with van der Waals surface area (Å²) in [6, 6.07) is 12.8. The summed E-state index contributed by atoms with van der Waals surface area (Å²) in [5, 5.41) is 37.6. The molecule has 6 aromatic rings. The number of fused-ring (bicyclic) bond motifs is 1. The predicted molar refractivity (Wildman–Crippen MR) is 167 cm³/mol. The van der Waals surface area contributed by atoms with Gasteiger partial charge >= 0.3 is 11.9 Å². The number of methoxy groups -OCH3 is 1. The first-order chi connectivity index (χ1) is 23.7. The van der Waals surface area contributed by atoms with Crippen LogP contribution in [0.2, 0.25) is 0 Å². The van der Waals surface area contributed by atoms with Crippen molar-refractivity contribution in [3.63, 3.8) is 0 Å². The van der Waals surface area contributed by atoms with Gasteiger partial charge in [0, 0.05) is 12.4 Å². The Labute approximate surface area is 274 Å². The molecule has 3 N–H and O–H groups in total. The second kappa shape index (κ2) is 13.8. The molecule has 4 aromatic heterocycles. The van der Waals surface area contributed by atoms with Crippen LogP contribution < -0.4 is 10.6 Å². The number of aromatic nitrogens is 9. The van der Waals surface area contributed by atoms with Gasteiger partial charge in [0.1, 0.15) is 12.1 Å². The highest BCUT2D eigenvalue weighted by molar-refractivity contribution is 6.08. The number of rotatable bonds is 11. The monoisotopic (exact) mass is 665 g/mol. The van der Waals surface area contributed by atoms with E-state index in [2.05, 4.69) is 46.4 Å². The van der Waals surface area contributed by atoms with Gasteiger partial charge in [-0.25, -0.2) is 19.0 Å². The van der Waals surface area contributed by atoms with Crippen LogP contribution in [0.4, 0.5) is 15.8 Å². The van der Waals surface area contributed by atoms with Crippen molar-refractivity contribution in [1.29, 1.82) is 0 Å². The Kier molecular flexibility index (Phi) is 9.00. The number of imidazole rings is 1. The summed E-state index contributed by atoms with van der Waals surface area (Å²) >= 11 is 0. The Morgan fingerprint density at radius 2 is 1.65 bits per heavy atom. The molecule has 0 bridgehead atoms. The normalized spacial score (nSPS) is 10.9. The maximum atomic E-state index is 15.0. The van der Waals surface area contributed by atoms with Gasteiger partial charge in [-0.15, -0.1) is 25.0 Å². The molecule has 0 saturated carbocycles. The number of halogens is 1. The van der Waals surface area contributed by atoms with Crippen LogP contribution in [0.3, 0.4) is 0 Å². The minimum Gasteiger partial charge on any atom is -0.478 e. The van der Waals surface area contributed by atoms with Crippen LogP contribution >= 0.6 is 0 Å². The summed E-state index contributed by atoms with van der Waals surface area (Å²) in [5.41, 5.74) is 0.758. The number of amides is 2. The van der Waals surface area contributed by atoms with E-state index in [-0.39, 0.29) is 40.3 Å². The number of carboxylic acids is 1. The highest BCUT2D eigenvalue weighted by Crippen LogP contribution is 2.25. The molecular weight excluding hydrogens is 641 g/mol. The Balaban J connectivity index is 1.16. The molecule has 17 nitrogen and oxygen atoms in total. The third kappa shape index (κ3) is 7.07. The molecule has 2 amide bonds. The lowest BCUT2D eigenvalue weighted by Gasteiger charge is -2.13. The highest BCUT2D eigenvalue weighted by atomic mass is 19.1. The molecule has 2 aromatic carbocycles. The third-order valence-corrected chi connectivity index (χ3v) is 7.27. The van der Waals surface area contributed by atoms with E-state index in [1.165, 1.54) is 43.8 Å². The van der Waals surface area contributed by atoms with Crippen molar-refractivity contribution in [2.45, 2.75) is 19.3 Å². The smallest absolute Gasteiger partial charge is 0.339 e.